The Morgan fingerprint density at radius 2 is 1.70 bits per heavy atom. The number of hydrogen-bond acceptors (Lipinski definition) is 4. The Kier molecular flexibility index (Phi) is 6.64. The fourth-order valence-corrected chi connectivity index (χ4v) is 1.67. The predicted molar refractivity (Wildman–Crippen MR) is 77.2 cm³/mol. The van der Waals surface area contributed by atoms with Crippen LogP contribution in [0.5, 0.6) is 0 Å². The highest BCUT2D eigenvalue weighted by molar-refractivity contribution is 5.94. The van der Waals surface area contributed by atoms with Crippen molar-refractivity contribution in [1.82, 2.24) is 0 Å². The molecule has 0 saturated heterocycles. The van der Waals surface area contributed by atoms with Gasteiger partial charge in [0.1, 0.15) is 6.10 Å². The number of nitrogens with one attached hydrogen (secondary N) is 1. The van der Waals surface area contributed by atoms with Crippen LogP contribution >= 0.6 is 0 Å². The lowest BCUT2D eigenvalue weighted by Crippen LogP contribution is -2.29. The molecule has 0 saturated carbocycles. The van der Waals surface area contributed by atoms with E-state index in [4.69, 9.17) is 14.9 Å². The summed E-state index contributed by atoms with van der Waals surface area (Å²) in [5.74, 6) is 0.119. The van der Waals surface area contributed by atoms with Gasteiger partial charge in [0.05, 0.1) is 13.2 Å². The minimum absolute atomic E-state index is 0.143. The van der Waals surface area contributed by atoms with Gasteiger partial charge in [0, 0.05) is 12.3 Å². The summed E-state index contributed by atoms with van der Waals surface area (Å²) in [7, 11) is 0. The van der Waals surface area contributed by atoms with Crippen molar-refractivity contribution in [3.8, 4) is 0 Å². The number of hydrogen-bond donors (Lipinski definition) is 3. The topological polar surface area (TPSA) is 78.8 Å². The van der Waals surface area contributed by atoms with Crippen LogP contribution < -0.4 is 5.32 Å². The molecule has 5 heteroatoms. The van der Waals surface area contributed by atoms with Crippen molar-refractivity contribution in [3.05, 3.63) is 29.3 Å². The number of carbonyl (C=O) groups excluding carboxylic acids is 1. The van der Waals surface area contributed by atoms with Crippen LogP contribution in [0.15, 0.2) is 18.2 Å². The summed E-state index contributed by atoms with van der Waals surface area (Å²) in [6.07, 6.45) is -0.548. The maximum atomic E-state index is 12.0. The Labute approximate surface area is 119 Å². The Hall–Kier alpha value is -1.43. The van der Waals surface area contributed by atoms with Crippen LogP contribution in [0.25, 0.3) is 0 Å². The molecule has 1 amide bonds. The first-order valence-corrected chi connectivity index (χ1v) is 6.73. The molecule has 0 heterocycles. The van der Waals surface area contributed by atoms with E-state index in [1.165, 1.54) is 0 Å². The van der Waals surface area contributed by atoms with Crippen LogP contribution in [0.1, 0.15) is 31.9 Å². The number of ether oxygens (including phenoxy) is 1. The van der Waals surface area contributed by atoms with E-state index in [2.05, 4.69) is 5.32 Å². The summed E-state index contributed by atoms with van der Waals surface area (Å²) in [5, 5.41) is 21.0. The maximum absolute atomic E-state index is 12.0. The first kappa shape index (κ1) is 16.6. The Balaban J connectivity index is 2.69. The third-order valence-corrected chi connectivity index (χ3v) is 2.73. The van der Waals surface area contributed by atoms with Crippen LogP contribution in [0.3, 0.4) is 0 Å². The highest BCUT2D eigenvalue weighted by Gasteiger charge is 2.14. The lowest BCUT2D eigenvalue weighted by atomic mass is 10.1. The van der Waals surface area contributed by atoms with Crippen molar-refractivity contribution in [1.29, 1.82) is 0 Å². The quantitative estimate of drug-likeness (QED) is 0.710. The molecule has 1 aromatic rings. The predicted octanol–water partition coefficient (Wildman–Crippen LogP) is 1.67. The van der Waals surface area contributed by atoms with Gasteiger partial charge in [0.15, 0.2) is 0 Å². The van der Waals surface area contributed by atoms with Gasteiger partial charge in [-0.15, -0.1) is 0 Å². The lowest BCUT2D eigenvalue weighted by molar-refractivity contribution is -0.126. The van der Waals surface area contributed by atoms with Crippen molar-refractivity contribution in [3.63, 3.8) is 0 Å². The molecule has 0 aliphatic heterocycles. The minimum atomic E-state index is -0.548. The fraction of sp³-hybridized carbons (Fsp3) is 0.533. The number of carbonyl (C=O) groups is 1. The summed E-state index contributed by atoms with van der Waals surface area (Å²) < 4.78 is 5.44. The number of amides is 1. The third kappa shape index (κ3) is 5.28. The summed E-state index contributed by atoms with van der Waals surface area (Å²) in [5.41, 5.74) is 1.83. The average Bonchev–Trinajstić information content (AvgIpc) is 2.43. The van der Waals surface area contributed by atoms with Crippen LogP contribution in [-0.2, 0) is 22.7 Å². The van der Waals surface area contributed by atoms with Gasteiger partial charge in [0.25, 0.3) is 5.91 Å². The van der Waals surface area contributed by atoms with Crippen LogP contribution in [-0.4, -0.2) is 28.8 Å². The first-order valence-electron chi connectivity index (χ1n) is 6.73. The second-order valence-corrected chi connectivity index (χ2v) is 5.21. The molecule has 112 valence electrons. The molecule has 0 aliphatic carbocycles. The summed E-state index contributed by atoms with van der Waals surface area (Å²) >= 11 is 0. The Bertz CT molecular complexity index is 423. The average molecular weight is 281 g/mol. The van der Waals surface area contributed by atoms with E-state index in [0.717, 1.165) is 0 Å². The van der Waals surface area contributed by atoms with Crippen molar-refractivity contribution < 1.29 is 19.7 Å². The molecule has 3 N–H and O–H groups in total. The van der Waals surface area contributed by atoms with E-state index in [1.807, 2.05) is 13.8 Å². The zero-order valence-corrected chi connectivity index (χ0v) is 12.2. The summed E-state index contributed by atoms with van der Waals surface area (Å²) in [6, 6.07) is 5.03. The van der Waals surface area contributed by atoms with Gasteiger partial charge < -0.3 is 20.3 Å². The number of anilines is 1. The molecule has 0 radical (unpaired) electrons. The fourth-order valence-electron chi connectivity index (χ4n) is 1.67. The number of benzene rings is 1. The summed E-state index contributed by atoms with van der Waals surface area (Å²) in [6.45, 7) is 5.96. The zero-order valence-electron chi connectivity index (χ0n) is 12.2. The molecule has 20 heavy (non-hydrogen) atoms. The van der Waals surface area contributed by atoms with Crippen molar-refractivity contribution >= 4 is 11.6 Å². The van der Waals surface area contributed by atoms with E-state index >= 15 is 0 Å². The molecule has 1 atom stereocenters. The molecule has 0 spiro atoms. The van der Waals surface area contributed by atoms with Crippen LogP contribution in [0.4, 0.5) is 5.69 Å². The molecular weight excluding hydrogens is 258 g/mol. The SMILES string of the molecule is CC(C)COC(C)C(=O)Nc1cc(CO)cc(CO)c1. The van der Waals surface area contributed by atoms with Gasteiger partial charge in [-0.1, -0.05) is 19.9 Å². The first-order chi connectivity index (χ1) is 9.46. The van der Waals surface area contributed by atoms with Crippen LogP contribution in [0, 0.1) is 5.92 Å². The van der Waals surface area contributed by atoms with Gasteiger partial charge in [-0.25, -0.2) is 0 Å². The second-order valence-electron chi connectivity index (χ2n) is 5.21. The molecule has 1 aromatic carbocycles. The van der Waals surface area contributed by atoms with Crippen molar-refractivity contribution in [2.75, 3.05) is 11.9 Å². The van der Waals surface area contributed by atoms with E-state index in [9.17, 15) is 4.79 Å². The number of aliphatic hydroxyl groups excluding tert-OH is 2. The van der Waals surface area contributed by atoms with Gasteiger partial charge in [-0.05, 0) is 36.1 Å². The molecule has 1 unspecified atom stereocenters. The van der Waals surface area contributed by atoms with E-state index in [-0.39, 0.29) is 19.1 Å². The van der Waals surface area contributed by atoms with Gasteiger partial charge in [-0.3, -0.25) is 4.79 Å². The Morgan fingerprint density at radius 3 is 2.15 bits per heavy atom. The maximum Gasteiger partial charge on any atom is 0.253 e. The Morgan fingerprint density at radius 1 is 1.15 bits per heavy atom. The number of rotatable bonds is 7. The van der Waals surface area contributed by atoms with E-state index in [0.29, 0.717) is 29.3 Å². The highest BCUT2D eigenvalue weighted by atomic mass is 16.5. The van der Waals surface area contributed by atoms with Gasteiger partial charge >= 0.3 is 0 Å². The standard InChI is InChI=1S/C15H23NO4/c1-10(2)9-20-11(3)15(19)16-14-5-12(7-17)4-13(6-14)8-18/h4-6,10-11,17-18H,7-9H2,1-3H3,(H,16,19). The van der Waals surface area contributed by atoms with E-state index in [1.54, 1.807) is 25.1 Å². The minimum Gasteiger partial charge on any atom is -0.392 e. The van der Waals surface area contributed by atoms with Crippen molar-refractivity contribution in [2.24, 2.45) is 5.92 Å². The van der Waals surface area contributed by atoms with Crippen LogP contribution in [0.2, 0.25) is 0 Å². The molecule has 0 bridgehead atoms. The third-order valence-electron chi connectivity index (χ3n) is 2.73. The monoisotopic (exact) mass is 281 g/mol. The van der Waals surface area contributed by atoms with Gasteiger partial charge in [0.2, 0.25) is 0 Å². The molecule has 1 rings (SSSR count). The molecular formula is C15H23NO4. The molecule has 5 nitrogen and oxygen atoms in total. The second kappa shape index (κ2) is 7.99. The lowest BCUT2D eigenvalue weighted by Gasteiger charge is -2.15. The summed E-state index contributed by atoms with van der Waals surface area (Å²) in [4.78, 5) is 12.0. The van der Waals surface area contributed by atoms with Gasteiger partial charge in [-0.2, -0.15) is 0 Å². The van der Waals surface area contributed by atoms with E-state index < -0.39 is 6.10 Å². The normalized spacial score (nSPS) is 12.5. The number of aliphatic hydroxyl groups is 2. The molecule has 0 fully saturated rings. The zero-order chi connectivity index (χ0) is 15.1. The highest BCUT2D eigenvalue weighted by Crippen LogP contribution is 2.16. The largest absolute Gasteiger partial charge is 0.392 e. The molecule has 0 aromatic heterocycles. The smallest absolute Gasteiger partial charge is 0.253 e. The molecule has 0 aliphatic rings. The van der Waals surface area contributed by atoms with Crippen molar-refractivity contribution in [2.45, 2.75) is 40.1 Å².